The Bertz CT molecular complexity index is 1230. The van der Waals surface area contributed by atoms with Crippen molar-refractivity contribution in [1.82, 2.24) is 19.8 Å². The highest BCUT2D eigenvalue weighted by Gasteiger charge is 2.24. The molecule has 2 aliphatic rings. The number of hydrogen-bond acceptors (Lipinski definition) is 7. The molecule has 0 bridgehead atoms. The number of fused-ring (bicyclic) bond motifs is 1. The molecule has 1 unspecified atom stereocenters. The smallest absolute Gasteiger partial charge is 0.249 e. The topological polar surface area (TPSA) is 81.6 Å². The summed E-state index contributed by atoms with van der Waals surface area (Å²) in [4.78, 5) is 28.1. The Kier molecular flexibility index (Phi) is 6.71. The number of amides is 1. The van der Waals surface area contributed by atoms with E-state index in [0.29, 0.717) is 5.82 Å². The molecule has 1 saturated heterocycles. The minimum absolute atomic E-state index is 0.0352. The van der Waals surface area contributed by atoms with Gasteiger partial charge in [-0.3, -0.25) is 4.79 Å². The van der Waals surface area contributed by atoms with Crippen LogP contribution in [0.5, 0.6) is 0 Å². The lowest BCUT2D eigenvalue weighted by atomic mass is 9.96. The quantitative estimate of drug-likeness (QED) is 0.566. The lowest BCUT2D eigenvalue weighted by molar-refractivity contribution is -0.128. The van der Waals surface area contributed by atoms with Gasteiger partial charge in [-0.15, -0.1) is 11.3 Å². The van der Waals surface area contributed by atoms with Gasteiger partial charge in [0.15, 0.2) is 0 Å². The van der Waals surface area contributed by atoms with Crippen molar-refractivity contribution in [1.29, 1.82) is 0 Å². The number of benzene rings is 1. The molecule has 2 aromatic heterocycles. The molecule has 1 aromatic carbocycles. The van der Waals surface area contributed by atoms with Gasteiger partial charge in [-0.2, -0.15) is 0 Å². The van der Waals surface area contributed by atoms with Crippen LogP contribution in [0.1, 0.15) is 29.3 Å². The maximum atomic E-state index is 12.9. The molecular weight excluding hydrogens is 446 g/mol. The monoisotopic (exact) mass is 475 g/mol. The van der Waals surface area contributed by atoms with Gasteiger partial charge in [0, 0.05) is 36.6 Å². The molecule has 8 heteroatoms. The summed E-state index contributed by atoms with van der Waals surface area (Å²) in [7, 11) is 2.10. The molecule has 34 heavy (non-hydrogen) atoms. The van der Waals surface area contributed by atoms with Crippen LogP contribution >= 0.6 is 11.3 Å². The van der Waals surface area contributed by atoms with Crippen LogP contribution < -0.4 is 5.32 Å². The maximum Gasteiger partial charge on any atom is 0.249 e. The van der Waals surface area contributed by atoms with Crippen molar-refractivity contribution in [3.63, 3.8) is 0 Å². The van der Waals surface area contributed by atoms with E-state index in [2.05, 4.69) is 39.4 Å². The van der Waals surface area contributed by atoms with Crippen molar-refractivity contribution in [2.24, 2.45) is 0 Å². The fraction of sp³-hybridized carbons (Fsp3) is 0.346. The zero-order valence-corrected chi connectivity index (χ0v) is 20.1. The summed E-state index contributed by atoms with van der Waals surface area (Å²) in [5.74, 6) is 0.890. The zero-order valence-electron chi connectivity index (χ0n) is 19.3. The fourth-order valence-electron chi connectivity index (χ4n) is 4.45. The molecule has 176 valence electrons. The Morgan fingerprint density at radius 2 is 1.91 bits per heavy atom. The van der Waals surface area contributed by atoms with Gasteiger partial charge in [-0.1, -0.05) is 42.5 Å². The predicted octanol–water partition coefficient (Wildman–Crippen LogP) is 3.71. The van der Waals surface area contributed by atoms with Crippen molar-refractivity contribution in [2.75, 3.05) is 45.2 Å². The number of likely N-dealkylation sites (N-methyl/N-ethyl adjacent to an activating group) is 1. The molecule has 1 atom stereocenters. The lowest BCUT2D eigenvalue weighted by Crippen LogP contribution is -2.47. The number of aromatic nitrogens is 2. The molecule has 0 saturated carbocycles. The SMILES string of the molecule is CN1CCN(C(=O)C2=CC=C(c3cc4c(NC(CO)c5ccccc5)ncnc4s3)CC2)CC1. The molecule has 5 rings (SSSR count). The second-order valence-corrected chi connectivity index (χ2v) is 9.85. The summed E-state index contributed by atoms with van der Waals surface area (Å²) < 4.78 is 0. The molecule has 7 nitrogen and oxygen atoms in total. The van der Waals surface area contributed by atoms with Crippen LogP contribution in [-0.2, 0) is 4.79 Å². The van der Waals surface area contributed by atoms with E-state index < -0.39 is 0 Å². The van der Waals surface area contributed by atoms with Crippen molar-refractivity contribution in [3.05, 3.63) is 70.9 Å². The highest BCUT2D eigenvalue weighted by molar-refractivity contribution is 7.19. The first-order chi connectivity index (χ1) is 16.6. The molecular formula is C26H29N5O2S. The number of carbonyl (C=O) groups excluding carboxylic acids is 1. The van der Waals surface area contributed by atoms with Gasteiger partial charge >= 0.3 is 0 Å². The van der Waals surface area contributed by atoms with Crippen LogP contribution in [-0.4, -0.2) is 70.6 Å². The Balaban J connectivity index is 1.35. The summed E-state index contributed by atoms with van der Waals surface area (Å²) >= 11 is 1.63. The van der Waals surface area contributed by atoms with E-state index in [1.54, 1.807) is 17.7 Å². The van der Waals surface area contributed by atoms with Crippen LogP contribution in [0.3, 0.4) is 0 Å². The molecule has 1 aliphatic carbocycles. The van der Waals surface area contributed by atoms with E-state index in [0.717, 1.165) is 65.3 Å². The third-order valence-corrected chi connectivity index (χ3v) is 7.67. The summed E-state index contributed by atoms with van der Waals surface area (Å²) in [5, 5.41) is 14.3. The van der Waals surface area contributed by atoms with E-state index in [1.807, 2.05) is 41.3 Å². The summed E-state index contributed by atoms with van der Waals surface area (Å²) in [6.07, 6.45) is 7.22. The van der Waals surface area contributed by atoms with Gasteiger partial charge in [-0.05, 0) is 37.1 Å². The Labute approximate surface area is 203 Å². The first-order valence-corrected chi connectivity index (χ1v) is 12.5. The predicted molar refractivity (Wildman–Crippen MR) is 137 cm³/mol. The molecule has 1 fully saturated rings. The first kappa shape index (κ1) is 22.7. The van der Waals surface area contributed by atoms with Crippen LogP contribution in [0.25, 0.3) is 15.8 Å². The Morgan fingerprint density at radius 1 is 1.12 bits per heavy atom. The van der Waals surface area contributed by atoms with E-state index in [9.17, 15) is 9.90 Å². The number of nitrogens with one attached hydrogen (secondary N) is 1. The fourth-order valence-corrected chi connectivity index (χ4v) is 5.50. The average Bonchev–Trinajstić information content (AvgIpc) is 3.33. The molecule has 3 aromatic rings. The van der Waals surface area contributed by atoms with Crippen molar-refractivity contribution >= 4 is 38.9 Å². The normalized spacial score (nSPS) is 17.9. The summed E-state index contributed by atoms with van der Waals surface area (Å²) in [6, 6.07) is 11.7. The van der Waals surface area contributed by atoms with Crippen molar-refractivity contribution < 1.29 is 9.90 Å². The molecule has 1 aliphatic heterocycles. The van der Waals surface area contributed by atoms with Gasteiger partial charge in [0.2, 0.25) is 5.91 Å². The minimum atomic E-state index is -0.248. The number of piperazine rings is 1. The highest BCUT2D eigenvalue weighted by atomic mass is 32.1. The van der Waals surface area contributed by atoms with Crippen molar-refractivity contribution in [2.45, 2.75) is 18.9 Å². The number of allylic oxidation sites excluding steroid dienone is 3. The van der Waals surface area contributed by atoms with E-state index in [-0.39, 0.29) is 18.6 Å². The van der Waals surface area contributed by atoms with Crippen LogP contribution in [0.4, 0.5) is 5.82 Å². The standard InChI is InChI=1S/C26H29N5O2S/c1-30-11-13-31(14-12-30)26(33)20-9-7-19(8-10-20)23-15-21-24(27-17-28-25(21)34-23)29-22(16-32)18-5-3-2-4-6-18/h2-7,9,15,17,22,32H,8,10-14,16H2,1H3,(H,27,28,29). The number of aliphatic hydroxyl groups is 1. The number of hydrogen-bond donors (Lipinski definition) is 2. The average molecular weight is 476 g/mol. The Morgan fingerprint density at radius 3 is 2.62 bits per heavy atom. The molecule has 0 radical (unpaired) electrons. The minimum Gasteiger partial charge on any atom is -0.394 e. The molecule has 0 spiro atoms. The lowest BCUT2D eigenvalue weighted by Gasteiger charge is -2.33. The zero-order chi connectivity index (χ0) is 23.5. The molecule has 1 amide bonds. The van der Waals surface area contributed by atoms with Crippen LogP contribution in [0.2, 0.25) is 0 Å². The summed E-state index contributed by atoms with van der Waals surface area (Å²) in [6.45, 7) is 3.42. The van der Waals surface area contributed by atoms with Crippen LogP contribution in [0.15, 0.2) is 60.5 Å². The maximum absolute atomic E-state index is 12.9. The number of rotatable bonds is 6. The van der Waals surface area contributed by atoms with Gasteiger partial charge in [0.05, 0.1) is 18.0 Å². The second-order valence-electron chi connectivity index (χ2n) is 8.82. The largest absolute Gasteiger partial charge is 0.394 e. The van der Waals surface area contributed by atoms with Crippen molar-refractivity contribution in [3.8, 4) is 0 Å². The third kappa shape index (κ3) is 4.75. The Hall–Kier alpha value is -3.07. The molecule has 2 N–H and O–H groups in total. The number of carbonyl (C=O) groups is 1. The highest BCUT2D eigenvalue weighted by Crippen LogP contribution is 2.37. The third-order valence-electron chi connectivity index (χ3n) is 6.56. The van der Waals surface area contributed by atoms with Crippen LogP contribution in [0, 0.1) is 0 Å². The first-order valence-electron chi connectivity index (χ1n) is 11.7. The van der Waals surface area contributed by atoms with E-state index in [4.69, 9.17) is 0 Å². The van der Waals surface area contributed by atoms with Gasteiger partial charge in [-0.25, -0.2) is 9.97 Å². The van der Waals surface area contributed by atoms with Gasteiger partial charge < -0.3 is 20.2 Å². The van der Waals surface area contributed by atoms with E-state index in [1.165, 1.54) is 5.57 Å². The van der Waals surface area contributed by atoms with Gasteiger partial charge in [0.25, 0.3) is 0 Å². The number of anilines is 1. The second kappa shape index (κ2) is 10.0. The van der Waals surface area contributed by atoms with E-state index >= 15 is 0 Å². The number of thiophene rings is 1. The summed E-state index contributed by atoms with van der Waals surface area (Å²) in [5.41, 5.74) is 3.11. The number of nitrogens with zero attached hydrogens (tertiary/aromatic N) is 4. The molecule has 3 heterocycles. The number of aliphatic hydroxyl groups excluding tert-OH is 1. The van der Waals surface area contributed by atoms with Gasteiger partial charge in [0.1, 0.15) is 17.0 Å².